The van der Waals surface area contributed by atoms with E-state index in [0.717, 1.165) is 27.2 Å². The maximum absolute atomic E-state index is 13.3. The normalized spacial score (nSPS) is 11.5. The quantitative estimate of drug-likeness (QED) is 0.386. The van der Waals surface area contributed by atoms with Crippen molar-refractivity contribution in [3.05, 3.63) is 95.6 Å². The summed E-state index contributed by atoms with van der Waals surface area (Å²) in [5.41, 5.74) is 4.43. The molecule has 1 atom stereocenters. The molecule has 0 saturated heterocycles. The molecule has 2 N–H and O–H groups in total. The molecular formula is C28H30N2O4S. The van der Waals surface area contributed by atoms with Crippen LogP contribution in [0.5, 0.6) is 0 Å². The Balaban J connectivity index is 1.70. The predicted octanol–water partition coefficient (Wildman–Crippen LogP) is 5.61. The second-order valence-electron chi connectivity index (χ2n) is 8.24. The number of carbonyl (C=O) groups excluding carboxylic acids is 2. The number of imide groups is 1. The van der Waals surface area contributed by atoms with Gasteiger partial charge in [0.05, 0.1) is 0 Å². The van der Waals surface area contributed by atoms with E-state index in [2.05, 4.69) is 5.32 Å². The van der Waals surface area contributed by atoms with Crippen LogP contribution in [0.2, 0.25) is 0 Å². The number of rotatable bonds is 10. The van der Waals surface area contributed by atoms with E-state index >= 15 is 0 Å². The Morgan fingerprint density at radius 1 is 0.943 bits per heavy atom. The van der Waals surface area contributed by atoms with Crippen molar-refractivity contribution in [1.82, 2.24) is 10.2 Å². The molecule has 0 radical (unpaired) electrons. The SMILES string of the molecule is CCCN(C(=O)N[C@@H](CSCc1ccccc1)C(=O)O)C(=O)c1cccc(-c2ccc(C)cc2)c1. The molecule has 0 aliphatic heterocycles. The summed E-state index contributed by atoms with van der Waals surface area (Å²) >= 11 is 1.42. The Labute approximate surface area is 210 Å². The maximum atomic E-state index is 13.3. The first-order chi connectivity index (χ1) is 16.9. The van der Waals surface area contributed by atoms with E-state index in [1.54, 1.807) is 18.2 Å². The van der Waals surface area contributed by atoms with Gasteiger partial charge in [0.1, 0.15) is 6.04 Å². The number of nitrogens with one attached hydrogen (secondary N) is 1. The van der Waals surface area contributed by atoms with Gasteiger partial charge in [-0.2, -0.15) is 11.8 Å². The zero-order chi connectivity index (χ0) is 25.2. The van der Waals surface area contributed by atoms with E-state index in [1.165, 1.54) is 11.8 Å². The van der Waals surface area contributed by atoms with Crippen molar-refractivity contribution in [2.24, 2.45) is 0 Å². The number of carbonyl (C=O) groups is 3. The highest BCUT2D eigenvalue weighted by Gasteiger charge is 2.27. The number of aliphatic carboxylic acids is 1. The third-order valence-corrected chi connectivity index (χ3v) is 6.53. The van der Waals surface area contributed by atoms with Crippen LogP contribution in [-0.2, 0) is 10.5 Å². The van der Waals surface area contributed by atoms with Gasteiger partial charge >= 0.3 is 12.0 Å². The summed E-state index contributed by atoms with van der Waals surface area (Å²) in [5.74, 6) is -0.778. The predicted molar refractivity (Wildman–Crippen MR) is 141 cm³/mol. The second-order valence-corrected chi connectivity index (χ2v) is 9.27. The number of thioether (sulfide) groups is 1. The second kappa shape index (κ2) is 12.8. The third kappa shape index (κ3) is 7.45. The Hall–Kier alpha value is -3.58. The summed E-state index contributed by atoms with van der Waals surface area (Å²) < 4.78 is 0. The zero-order valence-electron chi connectivity index (χ0n) is 19.9. The summed E-state index contributed by atoms with van der Waals surface area (Å²) in [5, 5.41) is 12.2. The maximum Gasteiger partial charge on any atom is 0.327 e. The van der Waals surface area contributed by atoms with Gasteiger partial charge in [0.2, 0.25) is 0 Å². The summed E-state index contributed by atoms with van der Waals surface area (Å²) in [6, 6.07) is 23.0. The van der Waals surface area contributed by atoms with Gasteiger partial charge < -0.3 is 10.4 Å². The standard InChI is InChI=1S/C28H30N2O4S/c1-3-16-30(26(31)24-11-7-10-23(17-24)22-14-12-20(2)13-15-22)28(34)29-25(27(32)33)19-35-18-21-8-5-4-6-9-21/h4-15,17,25H,3,16,18-19H2,1-2H3,(H,29,34)(H,32,33)/t25-/m0/s1. The van der Waals surface area contributed by atoms with Crippen molar-refractivity contribution < 1.29 is 19.5 Å². The molecule has 0 heterocycles. The number of nitrogens with zero attached hydrogens (tertiary/aromatic N) is 1. The fourth-order valence-corrected chi connectivity index (χ4v) is 4.53. The highest BCUT2D eigenvalue weighted by Crippen LogP contribution is 2.22. The van der Waals surface area contributed by atoms with Crippen LogP contribution in [0.1, 0.15) is 34.8 Å². The smallest absolute Gasteiger partial charge is 0.327 e. The summed E-state index contributed by atoms with van der Waals surface area (Å²) in [7, 11) is 0. The number of hydrogen-bond acceptors (Lipinski definition) is 4. The van der Waals surface area contributed by atoms with Crippen molar-refractivity contribution in [1.29, 1.82) is 0 Å². The van der Waals surface area contributed by atoms with Crippen LogP contribution in [0.25, 0.3) is 11.1 Å². The third-order valence-electron chi connectivity index (χ3n) is 5.42. The number of benzene rings is 3. The molecule has 35 heavy (non-hydrogen) atoms. The number of aryl methyl sites for hydroxylation is 1. The first-order valence-corrected chi connectivity index (χ1v) is 12.7. The van der Waals surface area contributed by atoms with E-state index in [1.807, 2.05) is 74.5 Å². The number of amides is 3. The Morgan fingerprint density at radius 2 is 1.66 bits per heavy atom. The lowest BCUT2D eigenvalue weighted by Gasteiger charge is -2.23. The van der Waals surface area contributed by atoms with E-state index < -0.39 is 23.9 Å². The number of carboxylic acids is 1. The molecule has 0 spiro atoms. The van der Waals surface area contributed by atoms with Crippen LogP contribution in [0, 0.1) is 6.92 Å². The largest absolute Gasteiger partial charge is 0.480 e. The summed E-state index contributed by atoms with van der Waals surface area (Å²) in [6.07, 6.45) is 0.553. The van der Waals surface area contributed by atoms with Gasteiger partial charge in [-0.3, -0.25) is 9.69 Å². The monoisotopic (exact) mass is 490 g/mol. The van der Waals surface area contributed by atoms with E-state index in [-0.39, 0.29) is 12.3 Å². The molecular weight excluding hydrogens is 460 g/mol. The molecule has 3 aromatic rings. The molecule has 3 aromatic carbocycles. The average Bonchev–Trinajstić information content (AvgIpc) is 2.87. The van der Waals surface area contributed by atoms with Gasteiger partial charge in [0, 0.05) is 23.6 Å². The molecule has 0 aliphatic carbocycles. The molecule has 3 amide bonds. The van der Waals surface area contributed by atoms with E-state index in [0.29, 0.717) is 17.7 Å². The summed E-state index contributed by atoms with van der Waals surface area (Å²) in [4.78, 5) is 39.2. The fraction of sp³-hybridized carbons (Fsp3) is 0.250. The van der Waals surface area contributed by atoms with Crippen molar-refractivity contribution in [3.63, 3.8) is 0 Å². The van der Waals surface area contributed by atoms with Crippen LogP contribution in [0.15, 0.2) is 78.9 Å². The number of urea groups is 1. The van der Waals surface area contributed by atoms with Gasteiger partial charge in [0.25, 0.3) is 5.91 Å². The molecule has 0 unspecified atom stereocenters. The highest BCUT2D eigenvalue weighted by atomic mass is 32.2. The zero-order valence-corrected chi connectivity index (χ0v) is 20.8. The number of hydrogen-bond donors (Lipinski definition) is 2. The molecule has 6 nitrogen and oxygen atoms in total. The Bertz CT molecular complexity index is 1150. The Kier molecular flexibility index (Phi) is 9.49. The molecule has 182 valence electrons. The minimum atomic E-state index is -1.14. The van der Waals surface area contributed by atoms with Crippen LogP contribution in [0.4, 0.5) is 4.79 Å². The molecule has 0 fully saturated rings. The molecule has 0 aliphatic rings. The first-order valence-electron chi connectivity index (χ1n) is 11.5. The van der Waals surface area contributed by atoms with Crippen LogP contribution >= 0.6 is 11.8 Å². The first kappa shape index (κ1) is 26.0. The molecule has 0 saturated carbocycles. The van der Waals surface area contributed by atoms with Crippen molar-refractivity contribution in [3.8, 4) is 11.1 Å². The lowest BCUT2D eigenvalue weighted by atomic mass is 10.0. The van der Waals surface area contributed by atoms with E-state index in [9.17, 15) is 19.5 Å². The lowest BCUT2D eigenvalue weighted by Crippen LogP contribution is -2.51. The van der Waals surface area contributed by atoms with Gasteiger partial charge in [-0.25, -0.2) is 9.59 Å². The minimum absolute atomic E-state index is 0.183. The molecule has 0 aromatic heterocycles. The van der Waals surface area contributed by atoms with Crippen molar-refractivity contribution >= 4 is 29.7 Å². The van der Waals surface area contributed by atoms with Gasteiger partial charge in [0.15, 0.2) is 0 Å². The van der Waals surface area contributed by atoms with Crippen LogP contribution < -0.4 is 5.32 Å². The molecule has 7 heteroatoms. The van der Waals surface area contributed by atoms with Crippen LogP contribution in [-0.4, -0.2) is 46.3 Å². The minimum Gasteiger partial charge on any atom is -0.480 e. The fourth-order valence-electron chi connectivity index (χ4n) is 3.52. The summed E-state index contributed by atoms with van der Waals surface area (Å²) in [6.45, 7) is 4.05. The van der Waals surface area contributed by atoms with Gasteiger partial charge in [-0.1, -0.05) is 79.2 Å². The van der Waals surface area contributed by atoms with Crippen molar-refractivity contribution in [2.75, 3.05) is 12.3 Å². The topological polar surface area (TPSA) is 86.7 Å². The van der Waals surface area contributed by atoms with Crippen LogP contribution in [0.3, 0.4) is 0 Å². The number of carboxylic acid groups (broad SMARTS) is 1. The Morgan fingerprint density at radius 3 is 2.31 bits per heavy atom. The molecule has 3 rings (SSSR count). The highest BCUT2D eigenvalue weighted by molar-refractivity contribution is 7.98. The van der Waals surface area contributed by atoms with Gasteiger partial charge in [-0.15, -0.1) is 0 Å². The lowest BCUT2D eigenvalue weighted by molar-refractivity contribution is -0.138. The van der Waals surface area contributed by atoms with Crippen molar-refractivity contribution in [2.45, 2.75) is 32.1 Å². The average molecular weight is 491 g/mol. The van der Waals surface area contributed by atoms with Gasteiger partial charge in [-0.05, 0) is 42.2 Å². The molecule has 0 bridgehead atoms. The van der Waals surface area contributed by atoms with E-state index in [4.69, 9.17) is 0 Å².